The van der Waals surface area contributed by atoms with Gasteiger partial charge in [-0.2, -0.15) is 4.31 Å². The Morgan fingerprint density at radius 2 is 1.93 bits per heavy atom. The molecule has 1 aliphatic heterocycles. The van der Waals surface area contributed by atoms with Gasteiger partial charge in [0.15, 0.2) is 0 Å². The van der Waals surface area contributed by atoms with Gasteiger partial charge in [0.2, 0.25) is 10.0 Å². The van der Waals surface area contributed by atoms with Gasteiger partial charge in [-0.05, 0) is 17.7 Å². The number of hydrogen-bond acceptors (Lipinski definition) is 2. The highest BCUT2D eigenvalue weighted by atomic mass is 79.9. The summed E-state index contributed by atoms with van der Waals surface area (Å²) in [6, 6.07) is 7.69. The van der Waals surface area contributed by atoms with E-state index < -0.39 is 10.0 Å². The van der Waals surface area contributed by atoms with Crippen molar-refractivity contribution in [2.45, 2.75) is 6.54 Å². The summed E-state index contributed by atoms with van der Waals surface area (Å²) in [6.07, 6.45) is 0. The van der Waals surface area contributed by atoms with E-state index in [-0.39, 0.29) is 0 Å². The standard InChI is InChI=1S/C9H10BrNO2S/c10-9-3-1-8(2-4-9)7-11-5-6-14(11,12)13/h1-4H,5-7H2. The molecule has 14 heavy (non-hydrogen) atoms. The zero-order chi connectivity index (χ0) is 10.2. The smallest absolute Gasteiger partial charge is 0.212 e. The van der Waals surface area contributed by atoms with Gasteiger partial charge >= 0.3 is 0 Å². The van der Waals surface area contributed by atoms with E-state index in [1.165, 1.54) is 4.31 Å². The largest absolute Gasteiger partial charge is 0.215 e. The summed E-state index contributed by atoms with van der Waals surface area (Å²) in [6.45, 7) is 1.15. The molecule has 5 heteroatoms. The van der Waals surface area contributed by atoms with Crippen molar-refractivity contribution in [2.24, 2.45) is 0 Å². The minimum Gasteiger partial charge on any atom is -0.212 e. The van der Waals surface area contributed by atoms with Gasteiger partial charge < -0.3 is 0 Å². The predicted octanol–water partition coefficient (Wildman–Crippen LogP) is 1.59. The molecule has 0 amide bonds. The molecular formula is C9H10BrNO2S. The first kappa shape index (κ1) is 10.1. The molecule has 1 fully saturated rings. The number of rotatable bonds is 2. The Kier molecular flexibility index (Phi) is 2.64. The predicted molar refractivity (Wildman–Crippen MR) is 58.3 cm³/mol. The van der Waals surface area contributed by atoms with E-state index in [0.29, 0.717) is 18.8 Å². The fourth-order valence-corrected chi connectivity index (χ4v) is 2.69. The molecule has 0 aliphatic carbocycles. The van der Waals surface area contributed by atoms with Crippen molar-refractivity contribution in [1.82, 2.24) is 4.31 Å². The normalized spacial score (nSPS) is 20.4. The van der Waals surface area contributed by atoms with Crippen LogP contribution >= 0.6 is 15.9 Å². The van der Waals surface area contributed by atoms with Gasteiger partial charge in [-0.15, -0.1) is 0 Å². The van der Waals surface area contributed by atoms with Crippen LogP contribution in [-0.4, -0.2) is 25.0 Å². The molecule has 0 aromatic heterocycles. The highest BCUT2D eigenvalue weighted by molar-refractivity contribution is 9.10. The monoisotopic (exact) mass is 275 g/mol. The van der Waals surface area contributed by atoms with Crippen molar-refractivity contribution in [2.75, 3.05) is 12.3 Å². The van der Waals surface area contributed by atoms with Crippen molar-refractivity contribution in [3.8, 4) is 0 Å². The Labute approximate surface area is 91.9 Å². The molecule has 0 saturated carbocycles. The third-order valence-corrected chi connectivity index (χ3v) is 4.59. The maximum atomic E-state index is 11.2. The molecule has 76 valence electrons. The summed E-state index contributed by atoms with van der Waals surface area (Å²) in [5.74, 6) is 0.295. The molecule has 1 aromatic carbocycles. The molecule has 2 rings (SSSR count). The topological polar surface area (TPSA) is 37.4 Å². The quantitative estimate of drug-likeness (QED) is 0.822. The van der Waals surface area contributed by atoms with Crippen LogP contribution in [0.5, 0.6) is 0 Å². The Morgan fingerprint density at radius 1 is 1.29 bits per heavy atom. The lowest BCUT2D eigenvalue weighted by Gasteiger charge is -2.30. The second-order valence-corrected chi connectivity index (χ2v) is 6.28. The van der Waals surface area contributed by atoms with Crippen molar-refractivity contribution >= 4 is 26.0 Å². The van der Waals surface area contributed by atoms with Crippen LogP contribution in [0.4, 0.5) is 0 Å². The van der Waals surface area contributed by atoms with Crippen LogP contribution < -0.4 is 0 Å². The summed E-state index contributed by atoms with van der Waals surface area (Å²) in [5, 5.41) is 0. The Bertz CT molecular complexity index is 427. The molecule has 1 aromatic rings. The fraction of sp³-hybridized carbons (Fsp3) is 0.333. The number of halogens is 1. The van der Waals surface area contributed by atoms with Crippen LogP contribution in [0, 0.1) is 0 Å². The van der Waals surface area contributed by atoms with Crippen LogP contribution in [0.1, 0.15) is 5.56 Å². The lowest BCUT2D eigenvalue weighted by molar-refractivity contribution is 0.379. The van der Waals surface area contributed by atoms with Crippen LogP contribution in [0.25, 0.3) is 0 Å². The maximum absolute atomic E-state index is 11.2. The summed E-state index contributed by atoms with van der Waals surface area (Å²) in [5.41, 5.74) is 1.02. The molecule has 0 unspecified atom stereocenters. The maximum Gasteiger partial charge on any atom is 0.215 e. The van der Waals surface area contributed by atoms with Crippen LogP contribution in [-0.2, 0) is 16.6 Å². The van der Waals surface area contributed by atoms with Crippen molar-refractivity contribution in [1.29, 1.82) is 0 Å². The van der Waals surface area contributed by atoms with Gasteiger partial charge in [0.1, 0.15) is 0 Å². The summed E-state index contributed by atoms with van der Waals surface area (Å²) < 4.78 is 24.9. The molecule has 0 bridgehead atoms. The summed E-state index contributed by atoms with van der Waals surface area (Å²) >= 11 is 3.33. The molecule has 0 radical (unpaired) electrons. The average Bonchev–Trinajstić information content (AvgIpc) is 2.15. The lowest BCUT2D eigenvalue weighted by Crippen LogP contribution is -2.46. The van der Waals surface area contributed by atoms with E-state index in [2.05, 4.69) is 15.9 Å². The van der Waals surface area contributed by atoms with Gasteiger partial charge in [0, 0.05) is 17.6 Å². The Hall–Kier alpha value is -0.390. The van der Waals surface area contributed by atoms with E-state index in [1.807, 2.05) is 24.3 Å². The molecule has 0 atom stereocenters. The average molecular weight is 276 g/mol. The number of hydrogen-bond donors (Lipinski definition) is 0. The van der Waals surface area contributed by atoms with E-state index >= 15 is 0 Å². The SMILES string of the molecule is O=S1(=O)CCN1Cc1ccc(Br)cc1. The van der Waals surface area contributed by atoms with Crippen molar-refractivity contribution < 1.29 is 8.42 Å². The van der Waals surface area contributed by atoms with Gasteiger partial charge in [0.05, 0.1) is 5.75 Å². The first-order valence-electron chi connectivity index (χ1n) is 4.30. The Balaban J connectivity index is 2.09. The van der Waals surface area contributed by atoms with Gasteiger partial charge in [-0.3, -0.25) is 0 Å². The zero-order valence-electron chi connectivity index (χ0n) is 7.48. The number of sulfonamides is 1. The number of benzene rings is 1. The van der Waals surface area contributed by atoms with Crippen molar-refractivity contribution in [3.05, 3.63) is 34.3 Å². The first-order chi connectivity index (χ1) is 6.58. The van der Waals surface area contributed by atoms with E-state index in [4.69, 9.17) is 0 Å². The molecule has 1 heterocycles. The van der Waals surface area contributed by atoms with Gasteiger partial charge in [-0.1, -0.05) is 28.1 Å². The van der Waals surface area contributed by atoms with Gasteiger partial charge in [0.25, 0.3) is 0 Å². The van der Waals surface area contributed by atoms with E-state index in [9.17, 15) is 8.42 Å². The molecule has 0 N–H and O–H groups in total. The Morgan fingerprint density at radius 3 is 2.36 bits per heavy atom. The first-order valence-corrected chi connectivity index (χ1v) is 6.70. The molecule has 1 saturated heterocycles. The lowest BCUT2D eigenvalue weighted by atomic mass is 10.2. The van der Waals surface area contributed by atoms with Crippen LogP contribution in [0.3, 0.4) is 0 Å². The molecule has 3 nitrogen and oxygen atoms in total. The highest BCUT2D eigenvalue weighted by Gasteiger charge is 2.31. The minimum absolute atomic E-state index is 0.295. The summed E-state index contributed by atoms with van der Waals surface area (Å²) in [7, 11) is -2.91. The molecular weight excluding hydrogens is 266 g/mol. The van der Waals surface area contributed by atoms with E-state index in [0.717, 1.165) is 10.0 Å². The fourth-order valence-electron chi connectivity index (χ4n) is 1.34. The van der Waals surface area contributed by atoms with E-state index in [1.54, 1.807) is 0 Å². The second-order valence-electron chi connectivity index (χ2n) is 3.28. The van der Waals surface area contributed by atoms with Gasteiger partial charge in [-0.25, -0.2) is 8.42 Å². The van der Waals surface area contributed by atoms with Crippen molar-refractivity contribution in [3.63, 3.8) is 0 Å². The third kappa shape index (κ3) is 1.99. The molecule has 1 aliphatic rings. The highest BCUT2D eigenvalue weighted by Crippen LogP contribution is 2.18. The number of nitrogens with zero attached hydrogens (tertiary/aromatic N) is 1. The summed E-state index contributed by atoms with van der Waals surface area (Å²) in [4.78, 5) is 0. The minimum atomic E-state index is -2.91. The van der Waals surface area contributed by atoms with Crippen LogP contribution in [0.15, 0.2) is 28.7 Å². The third-order valence-electron chi connectivity index (χ3n) is 2.26. The molecule has 0 spiro atoms. The second kappa shape index (κ2) is 3.64. The van der Waals surface area contributed by atoms with Crippen LogP contribution in [0.2, 0.25) is 0 Å². The zero-order valence-corrected chi connectivity index (χ0v) is 9.88.